The number of carbonyl (C=O) groups is 1. The lowest BCUT2D eigenvalue weighted by atomic mass is 9.84. The molecule has 1 aliphatic rings. The molecule has 10 heavy (non-hydrogen) atoms. The van der Waals surface area contributed by atoms with E-state index in [1.807, 2.05) is 0 Å². The van der Waals surface area contributed by atoms with Crippen molar-refractivity contribution in [3.05, 3.63) is 0 Å². The van der Waals surface area contributed by atoms with Gasteiger partial charge in [0.2, 0.25) is 5.91 Å². The molecule has 0 bridgehead atoms. The molecule has 0 aliphatic carbocycles. The largest absolute Gasteiger partial charge is 0.353 e. The molecule has 0 aromatic carbocycles. The first kappa shape index (κ1) is 7.58. The van der Waals surface area contributed by atoms with Crippen LogP contribution in [0.3, 0.4) is 0 Å². The highest BCUT2D eigenvalue weighted by molar-refractivity contribution is 5.77. The molecular formula is C8H15NO. The second-order valence-corrected chi connectivity index (χ2v) is 3.40. The molecule has 58 valence electrons. The van der Waals surface area contributed by atoms with Gasteiger partial charge in [-0.2, -0.15) is 0 Å². The quantitative estimate of drug-likeness (QED) is 0.539. The standard InChI is InChI=1S/C8H15NO/c1-5-4-8(10)9-7(3)6(5)2/h5-7H,4H2,1-3H3,(H,9,10)/t5-,6-,7-/m0/s1. The molecule has 2 heteroatoms. The average molecular weight is 141 g/mol. The lowest BCUT2D eigenvalue weighted by molar-refractivity contribution is -0.125. The van der Waals surface area contributed by atoms with Crippen LogP contribution in [0.1, 0.15) is 27.2 Å². The summed E-state index contributed by atoms with van der Waals surface area (Å²) in [6.07, 6.45) is 0.700. The van der Waals surface area contributed by atoms with Gasteiger partial charge in [0.15, 0.2) is 0 Å². The third-order valence-electron chi connectivity index (χ3n) is 2.58. The topological polar surface area (TPSA) is 29.1 Å². The SMILES string of the molecule is C[C@@H]1[C@H](C)NC(=O)C[C@@H]1C. The van der Waals surface area contributed by atoms with Crippen molar-refractivity contribution in [3.63, 3.8) is 0 Å². The van der Waals surface area contributed by atoms with E-state index in [1.54, 1.807) is 0 Å². The van der Waals surface area contributed by atoms with Crippen molar-refractivity contribution in [2.24, 2.45) is 11.8 Å². The fourth-order valence-electron chi connectivity index (χ4n) is 1.42. The average Bonchev–Trinajstić information content (AvgIpc) is 1.82. The molecule has 3 atom stereocenters. The minimum Gasteiger partial charge on any atom is -0.353 e. The molecule has 0 radical (unpaired) electrons. The Morgan fingerprint density at radius 2 is 2.00 bits per heavy atom. The van der Waals surface area contributed by atoms with Crippen molar-refractivity contribution in [3.8, 4) is 0 Å². The Bertz CT molecular complexity index is 130. The van der Waals surface area contributed by atoms with Gasteiger partial charge >= 0.3 is 0 Å². The van der Waals surface area contributed by atoms with Crippen molar-refractivity contribution >= 4 is 5.91 Å². The van der Waals surface area contributed by atoms with Crippen LogP contribution in [0.5, 0.6) is 0 Å². The van der Waals surface area contributed by atoms with Gasteiger partial charge in [0.05, 0.1) is 0 Å². The van der Waals surface area contributed by atoms with Gasteiger partial charge in [-0.1, -0.05) is 13.8 Å². The fourth-order valence-corrected chi connectivity index (χ4v) is 1.42. The van der Waals surface area contributed by atoms with Crippen LogP contribution in [-0.2, 0) is 4.79 Å². The molecule has 0 unspecified atom stereocenters. The molecule has 1 aliphatic heterocycles. The molecule has 0 saturated carbocycles. The first-order chi connectivity index (χ1) is 4.61. The predicted molar refractivity (Wildman–Crippen MR) is 40.5 cm³/mol. The summed E-state index contributed by atoms with van der Waals surface area (Å²) in [6.45, 7) is 6.40. The maximum absolute atomic E-state index is 10.9. The number of nitrogens with one attached hydrogen (secondary N) is 1. The molecule has 0 spiro atoms. The van der Waals surface area contributed by atoms with Gasteiger partial charge in [-0.15, -0.1) is 0 Å². The fraction of sp³-hybridized carbons (Fsp3) is 0.875. The lowest BCUT2D eigenvalue weighted by Gasteiger charge is -2.31. The first-order valence-corrected chi connectivity index (χ1v) is 3.90. The molecule has 1 fully saturated rings. The highest BCUT2D eigenvalue weighted by atomic mass is 16.1. The van der Waals surface area contributed by atoms with Crippen LogP contribution >= 0.6 is 0 Å². The predicted octanol–water partition coefficient (Wildman–Crippen LogP) is 1.17. The normalized spacial score (nSPS) is 41.1. The van der Waals surface area contributed by atoms with Gasteiger partial charge in [-0.25, -0.2) is 0 Å². The van der Waals surface area contributed by atoms with Gasteiger partial charge in [-0.3, -0.25) is 4.79 Å². The third kappa shape index (κ3) is 1.31. The molecule has 2 nitrogen and oxygen atoms in total. The van der Waals surface area contributed by atoms with Crippen LogP contribution in [0.15, 0.2) is 0 Å². The number of rotatable bonds is 0. The van der Waals surface area contributed by atoms with E-state index >= 15 is 0 Å². The van der Waals surface area contributed by atoms with Crippen LogP contribution in [0.25, 0.3) is 0 Å². The van der Waals surface area contributed by atoms with Crippen LogP contribution < -0.4 is 5.32 Å². The monoisotopic (exact) mass is 141 g/mol. The van der Waals surface area contributed by atoms with Gasteiger partial charge in [0.25, 0.3) is 0 Å². The van der Waals surface area contributed by atoms with E-state index in [1.165, 1.54) is 0 Å². The highest BCUT2D eigenvalue weighted by Crippen LogP contribution is 2.22. The number of hydrogen-bond donors (Lipinski definition) is 1. The van der Waals surface area contributed by atoms with Gasteiger partial charge < -0.3 is 5.32 Å². The zero-order valence-electron chi connectivity index (χ0n) is 6.85. The Kier molecular flexibility index (Phi) is 1.97. The Hall–Kier alpha value is -0.530. The van der Waals surface area contributed by atoms with Gasteiger partial charge in [-0.05, 0) is 18.8 Å². The Balaban J connectivity index is 2.57. The molecular weight excluding hydrogens is 126 g/mol. The summed E-state index contributed by atoms with van der Waals surface area (Å²) in [6, 6.07) is 0.358. The van der Waals surface area contributed by atoms with Gasteiger partial charge in [0.1, 0.15) is 0 Å². The van der Waals surface area contributed by atoms with Crippen molar-refractivity contribution in [2.45, 2.75) is 33.2 Å². The number of piperidine rings is 1. The van der Waals surface area contributed by atoms with Crippen molar-refractivity contribution in [2.75, 3.05) is 0 Å². The van der Waals surface area contributed by atoms with E-state index < -0.39 is 0 Å². The maximum Gasteiger partial charge on any atom is 0.220 e. The maximum atomic E-state index is 10.9. The lowest BCUT2D eigenvalue weighted by Crippen LogP contribution is -2.45. The third-order valence-corrected chi connectivity index (χ3v) is 2.58. The molecule has 1 heterocycles. The molecule has 1 amide bonds. The van der Waals surface area contributed by atoms with E-state index in [0.29, 0.717) is 24.3 Å². The minimum atomic E-state index is 0.207. The zero-order valence-corrected chi connectivity index (χ0v) is 6.85. The summed E-state index contributed by atoms with van der Waals surface area (Å²) in [5, 5.41) is 2.92. The van der Waals surface area contributed by atoms with Crippen LogP contribution in [0.4, 0.5) is 0 Å². The van der Waals surface area contributed by atoms with Gasteiger partial charge in [0, 0.05) is 12.5 Å². The smallest absolute Gasteiger partial charge is 0.220 e. The van der Waals surface area contributed by atoms with E-state index in [4.69, 9.17) is 0 Å². The summed E-state index contributed by atoms with van der Waals surface area (Å²) in [5.74, 6) is 1.37. The first-order valence-electron chi connectivity index (χ1n) is 3.90. The van der Waals surface area contributed by atoms with Crippen molar-refractivity contribution in [1.29, 1.82) is 0 Å². The number of hydrogen-bond acceptors (Lipinski definition) is 1. The Morgan fingerprint density at radius 3 is 2.50 bits per heavy atom. The van der Waals surface area contributed by atoms with Crippen molar-refractivity contribution in [1.82, 2.24) is 5.32 Å². The molecule has 1 rings (SSSR count). The van der Waals surface area contributed by atoms with Crippen LogP contribution in [-0.4, -0.2) is 11.9 Å². The second-order valence-electron chi connectivity index (χ2n) is 3.40. The highest BCUT2D eigenvalue weighted by Gasteiger charge is 2.27. The van der Waals surface area contributed by atoms with Crippen LogP contribution in [0, 0.1) is 11.8 Å². The number of amides is 1. The Labute approximate surface area is 62.0 Å². The van der Waals surface area contributed by atoms with Crippen LogP contribution in [0.2, 0.25) is 0 Å². The second kappa shape index (κ2) is 2.60. The Morgan fingerprint density at radius 1 is 1.40 bits per heavy atom. The molecule has 0 aromatic rings. The summed E-state index contributed by atoms with van der Waals surface area (Å²) in [7, 11) is 0. The summed E-state index contributed by atoms with van der Waals surface area (Å²) < 4.78 is 0. The van der Waals surface area contributed by atoms with E-state index in [2.05, 4.69) is 26.1 Å². The molecule has 0 aromatic heterocycles. The van der Waals surface area contributed by atoms with E-state index in [9.17, 15) is 4.79 Å². The molecule has 1 N–H and O–H groups in total. The zero-order chi connectivity index (χ0) is 7.72. The summed E-state index contributed by atoms with van der Waals surface area (Å²) >= 11 is 0. The molecule has 1 saturated heterocycles. The number of carbonyl (C=O) groups excluding carboxylic acids is 1. The summed E-state index contributed by atoms with van der Waals surface area (Å²) in [4.78, 5) is 10.9. The minimum absolute atomic E-state index is 0.207. The van der Waals surface area contributed by atoms with E-state index in [-0.39, 0.29) is 5.91 Å². The van der Waals surface area contributed by atoms with E-state index in [0.717, 1.165) is 0 Å². The summed E-state index contributed by atoms with van der Waals surface area (Å²) in [5.41, 5.74) is 0. The van der Waals surface area contributed by atoms with Crippen molar-refractivity contribution < 1.29 is 4.79 Å².